The lowest BCUT2D eigenvalue weighted by Crippen LogP contribution is -2.05. The molecule has 0 radical (unpaired) electrons. The number of hydrogen-bond acceptors (Lipinski definition) is 2. The topological polar surface area (TPSA) is 40.5 Å². The van der Waals surface area contributed by atoms with Crippen molar-refractivity contribution in [3.63, 3.8) is 0 Å². The predicted molar refractivity (Wildman–Crippen MR) is 64.2 cm³/mol. The first-order valence-corrected chi connectivity index (χ1v) is 5.21. The van der Waals surface area contributed by atoms with Gasteiger partial charge >= 0.3 is 7.12 Å². The highest BCUT2D eigenvalue weighted by atomic mass is 16.4. The molecule has 3 heteroatoms. The quantitative estimate of drug-likeness (QED) is 0.735. The molecule has 0 saturated heterocycles. The van der Waals surface area contributed by atoms with Crippen molar-refractivity contribution in [2.24, 2.45) is 5.92 Å². The van der Waals surface area contributed by atoms with Crippen LogP contribution in [0.5, 0.6) is 0 Å². The van der Waals surface area contributed by atoms with E-state index in [0.29, 0.717) is 5.92 Å². The Kier molecular flexibility index (Phi) is 4.59. The van der Waals surface area contributed by atoms with Crippen LogP contribution < -0.4 is 0 Å². The lowest BCUT2D eigenvalue weighted by Gasteiger charge is -2.05. The molecule has 0 saturated carbocycles. The average molecular weight is 204 g/mol. The minimum atomic E-state index is -1.38. The third-order valence-electron chi connectivity index (χ3n) is 2.06. The van der Waals surface area contributed by atoms with Crippen molar-refractivity contribution in [3.8, 4) is 0 Å². The van der Waals surface area contributed by atoms with E-state index in [2.05, 4.69) is 26.0 Å². The minimum Gasteiger partial charge on any atom is -0.424 e. The number of hydrogen-bond donors (Lipinski definition) is 2. The van der Waals surface area contributed by atoms with Crippen LogP contribution in [0.25, 0.3) is 6.08 Å². The molecule has 1 rings (SSSR count). The lowest BCUT2D eigenvalue weighted by atomic mass is 9.90. The molecule has 0 bridgehead atoms. The van der Waals surface area contributed by atoms with Gasteiger partial charge in [0.2, 0.25) is 0 Å². The monoisotopic (exact) mass is 204 g/mol. The highest BCUT2D eigenvalue weighted by molar-refractivity contribution is 6.48. The van der Waals surface area contributed by atoms with Gasteiger partial charge in [0.25, 0.3) is 0 Å². The van der Waals surface area contributed by atoms with E-state index < -0.39 is 7.12 Å². The summed E-state index contributed by atoms with van der Waals surface area (Å²) in [5, 5.41) is 17.4. The zero-order chi connectivity index (χ0) is 11.3. The van der Waals surface area contributed by atoms with Crippen molar-refractivity contribution in [3.05, 3.63) is 41.4 Å². The van der Waals surface area contributed by atoms with Crippen LogP contribution >= 0.6 is 0 Å². The Hall–Kier alpha value is -1.06. The molecule has 0 aliphatic rings. The molecule has 0 unspecified atom stereocenters. The fraction of sp³-hybridized carbons (Fsp3) is 0.333. The Bertz CT molecular complexity index is 332. The van der Waals surface area contributed by atoms with Crippen LogP contribution in [0, 0.1) is 5.92 Å². The summed E-state index contributed by atoms with van der Waals surface area (Å²) in [6, 6.07) is 8.09. The maximum atomic E-state index is 8.70. The van der Waals surface area contributed by atoms with Crippen molar-refractivity contribution in [2.45, 2.75) is 20.3 Å². The van der Waals surface area contributed by atoms with Crippen LogP contribution in [0.15, 0.2) is 30.2 Å². The summed E-state index contributed by atoms with van der Waals surface area (Å²) in [6.45, 7) is 4.36. The van der Waals surface area contributed by atoms with Gasteiger partial charge in [0, 0.05) is 0 Å². The summed E-state index contributed by atoms with van der Waals surface area (Å²) in [4.78, 5) is 0. The van der Waals surface area contributed by atoms with Gasteiger partial charge in [-0.1, -0.05) is 50.2 Å². The Morgan fingerprint density at radius 2 is 2.07 bits per heavy atom. The predicted octanol–water partition coefficient (Wildman–Crippen LogP) is 1.91. The van der Waals surface area contributed by atoms with E-state index in [1.807, 2.05) is 12.1 Å². The van der Waals surface area contributed by atoms with Crippen LogP contribution in [0.2, 0.25) is 0 Å². The highest BCUT2D eigenvalue weighted by Gasteiger charge is 2.00. The minimum absolute atomic E-state index is 0.632. The van der Waals surface area contributed by atoms with Crippen LogP contribution in [0.1, 0.15) is 25.0 Å². The van der Waals surface area contributed by atoms with Gasteiger partial charge in [0.1, 0.15) is 0 Å². The summed E-state index contributed by atoms with van der Waals surface area (Å²) in [6.07, 6.45) is 2.76. The molecular weight excluding hydrogens is 187 g/mol. The number of rotatable bonds is 4. The molecule has 1 aromatic carbocycles. The van der Waals surface area contributed by atoms with Crippen molar-refractivity contribution in [1.82, 2.24) is 0 Å². The average Bonchev–Trinajstić information content (AvgIpc) is 2.14. The van der Waals surface area contributed by atoms with Gasteiger partial charge in [-0.2, -0.15) is 0 Å². The zero-order valence-electron chi connectivity index (χ0n) is 9.22. The lowest BCUT2D eigenvalue weighted by molar-refractivity contribution is 0.424. The van der Waals surface area contributed by atoms with E-state index >= 15 is 0 Å². The Balaban J connectivity index is 2.74. The summed E-state index contributed by atoms with van der Waals surface area (Å²) in [5.41, 5.74) is 2.28. The van der Waals surface area contributed by atoms with Crippen molar-refractivity contribution < 1.29 is 10.0 Å². The SMILES string of the molecule is CC(C)Cc1cccc(/C=C/B(O)O)c1. The van der Waals surface area contributed by atoms with Crippen molar-refractivity contribution in [2.75, 3.05) is 0 Å². The Morgan fingerprint density at radius 1 is 1.33 bits per heavy atom. The molecule has 0 amide bonds. The normalized spacial score (nSPS) is 11.3. The fourth-order valence-electron chi connectivity index (χ4n) is 1.49. The summed E-state index contributed by atoms with van der Waals surface area (Å²) < 4.78 is 0. The third-order valence-corrected chi connectivity index (χ3v) is 2.06. The maximum Gasteiger partial charge on any atom is 0.480 e. The van der Waals surface area contributed by atoms with Crippen LogP contribution in [0.4, 0.5) is 0 Å². The summed E-state index contributed by atoms with van der Waals surface area (Å²) in [5.74, 6) is 1.99. The Morgan fingerprint density at radius 3 is 2.67 bits per heavy atom. The molecule has 0 fully saturated rings. The first kappa shape index (κ1) is 12.0. The van der Waals surface area contributed by atoms with Gasteiger partial charge in [0.05, 0.1) is 0 Å². The van der Waals surface area contributed by atoms with E-state index in [0.717, 1.165) is 12.0 Å². The molecular formula is C12H17BO2. The molecule has 1 aromatic rings. The second kappa shape index (κ2) is 5.74. The molecule has 80 valence electrons. The zero-order valence-corrected chi connectivity index (χ0v) is 9.22. The largest absolute Gasteiger partial charge is 0.480 e. The van der Waals surface area contributed by atoms with Gasteiger partial charge < -0.3 is 10.0 Å². The summed E-state index contributed by atoms with van der Waals surface area (Å²) in [7, 11) is -1.38. The van der Waals surface area contributed by atoms with E-state index in [-0.39, 0.29) is 0 Å². The maximum absolute atomic E-state index is 8.70. The fourth-order valence-corrected chi connectivity index (χ4v) is 1.49. The van der Waals surface area contributed by atoms with Gasteiger partial charge in [-0.25, -0.2) is 0 Å². The molecule has 0 aliphatic carbocycles. The smallest absolute Gasteiger partial charge is 0.424 e. The molecule has 0 atom stereocenters. The van der Waals surface area contributed by atoms with E-state index in [4.69, 9.17) is 10.0 Å². The molecule has 2 N–H and O–H groups in total. The molecule has 0 aromatic heterocycles. The second-order valence-corrected chi connectivity index (χ2v) is 4.12. The van der Waals surface area contributed by atoms with Gasteiger partial charge in [-0.3, -0.25) is 0 Å². The highest BCUT2D eigenvalue weighted by Crippen LogP contribution is 2.11. The van der Waals surface area contributed by atoms with Crippen LogP contribution in [-0.4, -0.2) is 17.2 Å². The van der Waals surface area contributed by atoms with Crippen LogP contribution in [-0.2, 0) is 6.42 Å². The number of benzene rings is 1. The first-order chi connectivity index (χ1) is 7.08. The molecule has 0 spiro atoms. The van der Waals surface area contributed by atoms with E-state index in [1.165, 1.54) is 11.5 Å². The molecule has 15 heavy (non-hydrogen) atoms. The van der Waals surface area contributed by atoms with E-state index in [9.17, 15) is 0 Å². The third kappa shape index (κ3) is 4.82. The van der Waals surface area contributed by atoms with Crippen molar-refractivity contribution in [1.29, 1.82) is 0 Å². The van der Waals surface area contributed by atoms with Crippen LogP contribution in [0.3, 0.4) is 0 Å². The van der Waals surface area contributed by atoms with Crippen molar-refractivity contribution >= 4 is 13.2 Å². The molecule has 2 nitrogen and oxygen atoms in total. The Labute approximate surface area is 91.4 Å². The standard InChI is InChI=1S/C12H17BO2/c1-10(2)8-12-5-3-4-11(9-12)6-7-13(14)15/h3-7,9-10,14-15H,8H2,1-2H3/b7-6+. The molecule has 0 aliphatic heterocycles. The second-order valence-electron chi connectivity index (χ2n) is 4.12. The van der Waals surface area contributed by atoms with Gasteiger partial charge in [0.15, 0.2) is 0 Å². The van der Waals surface area contributed by atoms with Gasteiger partial charge in [-0.05, 0) is 23.5 Å². The summed E-state index contributed by atoms with van der Waals surface area (Å²) >= 11 is 0. The van der Waals surface area contributed by atoms with E-state index in [1.54, 1.807) is 6.08 Å². The first-order valence-electron chi connectivity index (χ1n) is 5.21. The molecule has 0 heterocycles. The van der Waals surface area contributed by atoms with Gasteiger partial charge in [-0.15, -0.1) is 0 Å².